The van der Waals surface area contributed by atoms with E-state index in [1.165, 1.54) is 18.2 Å². The number of hydrogen-bond acceptors (Lipinski definition) is 5. The van der Waals surface area contributed by atoms with Gasteiger partial charge in [-0.2, -0.15) is 0 Å². The van der Waals surface area contributed by atoms with Crippen LogP contribution in [0, 0.1) is 6.85 Å². The van der Waals surface area contributed by atoms with Crippen LogP contribution in [0.15, 0.2) is 23.0 Å². The molecule has 1 atom stereocenters. The Kier molecular flexibility index (Phi) is 1.99. The van der Waals surface area contributed by atoms with Gasteiger partial charge in [0, 0.05) is 18.9 Å². The number of rotatable bonds is 1. The Labute approximate surface area is 127 Å². The zero-order chi connectivity index (χ0) is 19.4. The molecular formula is C15H15N3O3. The minimum Gasteiger partial charge on any atom is -0.398 e. The second kappa shape index (κ2) is 4.80. The number of nitrogens with two attached hydrogens (primary N) is 1. The average Bonchev–Trinajstić information content (AvgIpc) is 2.50. The molecule has 6 nitrogen and oxygen atoms in total. The van der Waals surface area contributed by atoms with Crippen molar-refractivity contribution in [1.29, 1.82) is 0 Å². The second-order valence-electron chi connectivity index (χ2n) is 4.81. The molecule has 0 spiro atoms. The predicted molar refractivity (Wildman–Crippen MR) is 78.1 cm³/mol. The number of aryl methyl sites for hydroxylation is 1. The van der Waals surface area contributed by atoms with E-state index in [9.17, 15) is 14.4 Å². The number of ketones is 2. The van der Waals surface area contributed by atoms with E-state index in [2.05, 4.69) is 4.98 Å². The average molecular weight is 290 g/mol. The highest BCUT2D eigenvalue weighted by Gasteiger charge is 2.30. The Morgan fingerprint density at radius 1 is 1.43 bits per heavy atom. The minimum atomic E-state index is -2.83. The molecule has 0 aliphatic heterocycles. The molecule has 1 unspecified atom stereocenters. The van der Waals surface area contributed by atoms with E-state index in [1.54, 1.807) is 0 Å². The Bertz CT molecular complexity index is 996. The van der Waals surface area contributed by atoms with Gasteiger partial charge in [0.15, 0.2) is 5.78 Å². The fraction of sp³-hybridized carbons (Fsp3) is 0.333. The normalized spacial score (nSPS) is 25.7. The molecule has 1 aliphatic rings. The van der Waals surface area contributed by atoms with Gasteiger partial charge in [0.2, 0.25) is 0 Å². The predicted octanol–water partition coefficient (Wildman–Crippen LogP) is 1.15. The van der Waals surface area contributed by atoms with Gasteiger partial charge in [0.05, 0.1) is 23.4 Å². The fourth-order valence-corrected chi connectivity index (χ4v) is 2.46. The van der Waals surface area contributed by atoms with Gasteiger partial charge in [-0.15, -0.1) is 0 Å². The summed E-state index contributed by atoms with van der Waals surface area (Å²) in [6, 6.07) is 2.94. The molecule has 1 aliphatic carbocycles. The molecule has 0 bridgehead atoms. The van der Waals surface area contributed by atoms with E-state index < -0.39 is 55.1 Å². The third-order valence-electron chi connectivity index (χ3n) is 3.47. The van der Waals surface area contributed by atoms with E-state index in [1.807, 2.05) is 0 Å². The lowest BCUT2D eigenvalue weighted by atomic mass is 9.92. The molecule has 108 valence electrons. The molecule has 0 saturated heterocycles. The van der Waals surface area contributed by atoms with Crippen molar-refractivity contribution < 1.29 is 16.4 Å². The number of nitrogen functional groups attached to an aromatic ring is 1. The summed E-state index contributed by atoms with van der Waals surface area (Å²) in [4.78, 5) is 41.1. The van der Waals surface area contributed by atoms with Crippen molar-refractivity contribution in [3.8, 4) is 0 Å². The summed E-state index contributed by atoms with van der Waals surface area (Å²) in [5, 5.41) is -0.0502. The molecule has 2 N–H and O–H groups in total. The summed E-state index contributed by atoms with van der Waals surface area (Å²) in [7, 11) is 0. The lowest BCUT2D eigenvalue weighted by molar-refractivity contribution is -0.132. The van der Waals surface area contributed by atoms with Crippen LogP contribution in [-0.2, 0) is 9.59 Å². The van der Waals surface area contributed by atoms with Crippen LogP contribution in [0.5, 0.6) is 0 Å². The Balaban J connectivity index is 2.36. The van der Waals surface area contributed by atoms with Crippen LogP contribution in [0.4, 0.5) is 5.69 Å². The monoisotopic (exact) mass is 290 g/mol. The molecule has 1 aromatic carbocycles. The number of fused-ring (bicyclic) bond motifs is 1. The smallest absolute Gasteiger partial charge is 0.264 e. The molecule has 1 saturated carbocycles. The molecule has 0 radical (unpaired) electrons. The third-order valence-corrected chi connectivity index (χ3v) is 3.47. The lowest BCUT2D eigenvalue weighted by Gasteiger charge is -2.24. The van der Waals surface area contributed by atoms with Gasteiger partial charge >= 0.3 is 0 Å². The van der Waals surface area contributed by atoms with Crippen molar-refractivity contribution in [2.45, 2.75) is 32.1 Å². The largest absolute Gasteiger partial charge is 0.398 e. The van der Waals surface area contributed by atoms with Crippen molar-refractivity contribution in [2.24, 2.45) is 0 Å². The summed E-state index contributed by atoms with van der Waals surface area (Å²) >= 11 is 0. The third kappa shape index (κ3) is 2.12. The van der Waals surface area contributed by atoms with Gasteiger partial charge in [-0.3, -0.25) is 19.0 Å². The maximum atomic E-state index is 13.0. The fourth-order valence-electron chi connectivity index (χ4n) is 2.46. The van der Waals surface area contributed by atoms with Crippen molar-refractivity contribution in [1.82, 2.24) is 9.55 Å². The van der Waals surface area contributed by atoms with Gasteiger partial charge in [-0.05, 0) is 25.4 Å². The molecule has 6 heteroatoms. The number of carbonyl (C=O) groups is 2. The van der Waals surface area contributed by atoms with Crippen LogP contribution < -0.4 is 11.3 Å². The second-order valence-corrected chi connectivity index (χ2v) is 4.81. The zero-order valence-corrected chi connectivity index (χ0v) is 10.9. The first kappa shape index (κ1) is 8.71. The minimum absolute atomic E-state index is 0.0502. The quantitative estimate of drug-likeness (QED) is 0.628. The van der Waals surface area contributed by atoms with Crippen LogP contribution in [0.2, 0.25) is 0 Å². The number of carbonyl (C=O) groups excluding carboxylic acids is 2. The highest BCUT2D eigenvalue weighted by atomic mass is 16.2. The van der Waals surface area contributed by atoms with Crippen LogP contribution in [0.3, 0.4) is 0 Å². The number of Topliss-reactive ketones (excluding diaryl/α,β-unsaturated/α-hetero) is 2. The van der Waals surface area contributed by atoms with Crippen molar-refractivity contribution in [3.05, 3.63) is 34.4 Å². The number of nitrogens with zero attached hydrogens (tertiary/aromatic N) is 2. The van der Waals surface area contributed by atoms with Gasteiger partial charge in [-0.1, -0.05) is 6.07 Å². The number of anilines is 1. The first-order chi connectivity index (χ1) is 11.9. The van der Waals surface area contributed by atoms with E-state index in [0.29, 0.717) is 4.57 Å². The summed E-state index contributed by atoms with van der Waals surface area (Å²) in [6.45, 7) is -2.83. The number of aromatic nitrogens is 2. The van der Waals surface area contributed by atoms with Gasteiger partial charge < -0.3 is 5.73 Å². The number of hydrogen-bond donors (Lipinski definition) is 1. The highest BCUT2D eigenvalue weighted by molar-refractivity contribution is 6.03. The van der Waals surface area contributed by atoms with Gasteiger partial charge in [-0.25, -0.2) is 4.98 Å². The Hall–Kier alpha value is -2.50. The highest BCUT2D eigenvalue weighted by Crippen LogP contribution is 2.24. The molecular weight excluding hydrogens is 270 g/mol. The van der Waals surface area contributed by atoms with Gasteiger partial charge in [0.1, 0.15) is 11.6 Å². The Morgan fingerprint density at radius 3 is 3.00 bits per heavy atom. The molecule has 0 amide bonds. The molecule has 21 heavy (non-hydrogen) atoms. The molecule has 3 rings (SSSR count). The topological polar surface area (TPSA) is 95.1 Å². The van der Waals surface area contributed by atoms with E-state index in [0.717, 1.165) is 0 Å². The standard InChI is InChI=1S/C15H15N3O3/c1-8-17-11-4-2-3-10(16)14(11)15(21)18(8)12-6-5-9(19)7-13(12)20/h2-4,12H,5-7,16H2,1H3/i1D3,5D2. The molecule has 2 aromatic rings. The Morgan fingerprint density at radius 2 is 2.24 bits per heavy atom. The van der Waals surface area contributed by atoms with Crippen LogP contribution in [0.1, 0.15) is 37.9 Å². The van der Waals surface area contributed by atoms with Crippen LogP contribution in [-0.4, -0.2) is 21.1 Å². The van der Waals surface area contributed by atoms with Crippen molar-refractivity contribution >= 4 is 28.2 Å². The van der Waals surface area contributed by atoms with Gasteiger partial charge in [0.25, 0.3) is 5.56 Å². The SMILES string of the molecule is [2H]C1([2H])CC(n2c(C([2H])([2H])[2H])nc3cccc(N)c3c2=O)C(=O)CC1=O. The van der Waals surface area contributed by atoms with E-state index in [-0.39, 0.29) is 16.6 Å². The summed E-state index contributed by atoms with van der Waals surface area (Å²) in [6.07, 6.45) is -3.69. The maximum Gasteiger partial charge on any atom is 0.264 e. The van der Waals surface area contributed by atoms with Crippen LogP contribution in [0.25, 0.3) is 10.9 Å². The first-order valence-corrected chi connectivity index (χ1v) is 6.31. The lowest BCUT2D eigenvalue weighted by Crippen LogP contribution is -2.36. The van der Waals surface area contributed by atoms with Crippen molar-refractivity contribution in [3.63, 3.8) is 0 Å². The number of benzene rings is 1. The van der Waals surface area contributed by atoms with Crippen LogP contribution >= 0.6 is 0 Å². The van der Waals surface area contributed by atoms with Crippen molar-refractivity contribution in [2.75, 3.05) is 5.73 Å². The molecule has 1 heterocycles. The molecule has 1 aromatic heterocycles. The van der Waals surface area contributed by atoms with E-state index >= 15 is 0 Å². The zero-order valence-electron chi connectivity index (χ0n) is 15.9. The molecule has 1 fully saturated rings. The summed E-state index contributed by atoms with van der Waals surface area (Å²) in [5.41, 5.74) is 5.11. The summed E-state index contributed by atoms with van der Waals surface area (Å²) < 4.78 is 39.2. The summed E-state index contributed by atoms with van der Waals surface area (Å²) in [5.74, 6) is -2.26. The first-order valence-electron chi connectivity index (χ1n) is 8.81. The van der Waals surface area contributed by atoms with E-state index in [4.69, 9.17) is 12.6 Å². The maximum absolute atomic E-state index is 13.0.